The number of morpholine rings is 1. The van der Waals surface area contributed by atoms with Gasteiger partial charge in [0.1, 0.15) is 12.1 Å². The molecule has 2 N–H and O–H groups in total. The van der Waals surface area contributed by atoms with Crippen molar-refractivity contribution < 1.29 is 9.13 Å². The van der Waals surface area contributed by atoms with Crippen LogP contribution in [0.2, 0.25) is 0 Å². The Morgan fingerprint density at radius 1 is 1.03 bits per heavy atom. The first kappa shape index (κ1) is 19.1. The Morgan fingerprint density at radius 3 is 2.74 bits per heavy atom. The van der Waals surface area contributed by atoms with E-state index in [1.807, 2.05) is 30.3 Å². The van der Waals surface area contributed by atoms with Crippen LogP contribution in [0.3, 0.4) is 0 Å². The van der Waals surface area contributed by atoms with Crippen molar-refractivity contribution in [1.29, 1.82) is 0 Å². The molecule has 5 rings (SSSR count). The van der Waals surface area contributed by atoms with Gasteiger partial charge in [-0.3, -0.25) is 4.98 Å². The van der Waals surface area contributed by atoms with Crippen LogP contribution in [0.4, 0.5) is 21.7 Å². The number of nitrogens with one attached hydrogen (secondary N) is 2. The number of aromatic amines is 1. The van der Waals surface area contributed by atoms with Crippen LogP contribution < -0.4 is 15.9 Å². The number of hydrogen-bond acceptors (Lipinski definition) is 7. The van der Waals surface area contributed by atoms with Gasteiger partial charge in [-0.15, -0.1) is 0 Å². The van der Waals surface area contributed by atoms with Gasteiger partial charge < -0.3 is 15.0 Å². The van der Waals surface area contributed by atoms with Gasteiger partial charge in [0.05, 0.1) is 24.9 Å². The van der Waals surface area contributed by atoms with E-state index in [1.165, 1.54) is 6.33 Å². The van der Waals surface area contributed by atoms with Gasteiger partial charge in [0.15, 0.2) is 11.6 Å². The van der Waals surface area contributed by atoms with Crippen LogP contribution in [-0.2, 0) is 4.74 Å². The fraction of sp³-hybridized carbons (Fsp3) is 0.182. The van der Waals surface area contributed by atoms with Crippen LogP contribution in [0.15, 0.2) is 59.8 Å². The smallest absolute Gasteiger partial charge is 0.346 e. The van der Waals surface area contributed by atoms with E-state index in [2.05, 4.69) is 42.3 Å². The molecule has 3 heterocycles. The molecule has 31 heavy (non-hydrogen) atoms. The minimum Gasteiger partial charge on any atom is -0.378 e. The zero-order valence-electron chi connectivity index (χ0n) is 16.5. The first-order valence-electron chi connectivity index (χ1n) is 9.87. The van der Waals surface area contributed by atoms with Crippen molar-refractivity contribution in [3.05, 3.63) is 71.3 Å². The number of H-pyrrole nitrogens is 1. The molecular weight excluding hydrogens is 399 g/mol. The van der Waals surface area contributed by atoms with E-state index in [-0.39, 0.29) is 5.82 Å². The normalized spacial score (nSPS) is 14.0. The Hall–Kier alpha value is -3.85. The molecule has 156 valence electrons. The van der Waals surface area contributed by atoms with E-state index in [0.717, 1.165) is 49.3 Å². The lowest BCUT2D eigenvalue weighted by atomic mass is 10.0. The van der Waals surface area contributed by atoms with Crippen LogP contribution in [0.5, 0.6) is 0 Å². The topological polar surface area (TPSA) is 96.0 Å². The van der Waals surface area contributed by atoms with Crippen molar-refractivity contribution in [2.24, 2.45) is 0 Å². The molecule has 1 saturated heterocycles. The number of benzene rings is 2. The van der Waals surface area contributed by atoms with Gasteiger partial charge in [0, 0.05) is 24.2 Å². The molecule has 0 unspecified atom stereocenters. The average Bonchev–Trinajstić information content (AvgIpc) is 2.82. The highest BCUT2D eigenvalue weighted by Crippen LogP contribution is 2.30. The summed E-state index contributed by atoms with van der Waals surface area (Å²) in [6, 6.07) is 14.1. The number of aromatic nitrogens is 4. The minimum atomic E-state index is -0.680. The van der Waals surface area contributed by atoms with E-state index in [0.29, 0.717) is 16.7 Å². The summed E-state index contributed by atoms with van der Waals surface area (Å²) in [5, 5.41) is 3.56. The summed E-state index contributed by atoms with van der Waals surface area (Å²) in [7, 11) is 0. The Bertz CT molecular complexity index is 1300. The predicted octanol–water partition coefficient (Wildman–Crippen LogP) is 3.10. The third-order valence-corrected chi connectivity index (χ3v) is 5.20. The van der Waals surface area contributed by atoms with Gasteiger partial charge in [-0.25, -0.2) is 19.2 Å². The lowest BCUT2D eigenvalue weighted by molar-refractivity contribution is 0.122. The molecule has 0 atom stereocenters. The molecule has 2 aromatic carbocycles. The highest BCUT2D eigenvalue weighted by molar-refractivity contribution is 5.93. The molecule has 2 aromatic heterocycles. The summed E-state index contributed by atoms with van der Waals surface area (Å²) >= 11 is 0. The first-order chi connectivity index (χ1) is 15.2. The summed E-state index contributed by atoms with van der Waals surface area (Å²) in [6.45, 7) is 3.16. The quantitative estimate of drug-likeness (QED) is 0.526. The second kappa shape index (κ2) is 8.11. The van der Waals surface area contributed by atoms with Gasteiger partial charge in [0.25, 0.3) is 0 Å². The van der Waals surface area contributed by atoms with Crippen molar-refractivity contribution in [2.75, 3.05) is 36.5 Å². The molecule has 4 aromatic rings. The van der Waals surface area contributed by atoms with E-state index < -0.39 is 11.5 Å². The summed E-state index contributed by atoms with van der Waals surface area (Å²) in [5.74, 6) is -0.391. The number of nitrogens with zero attached hydrogens (tertiary/aromatic N) is 4. The van der Waals surface area contributed by atoms with Gasteiger partial charge in [-0.2, -0.15) is 4.98 Å². The van der Waals surface area contributed by atoms with Crippen LogP contribution in [0.1, 0.15) is 0 Å². The molecular formula is C22H19FN6O2. The Balaban J connectivity index is 1.53. The molecule has 0 spiro atoms. The van der Waals surface area contributed by atoms with Crippen molar-refractivity contribution in [2.45, 2.75) is 0 Å². The van der Waals surface area contributed by atoms with Gasteiger partial charge in [-0.1, -0.05) is 18.2 Å². The highest BCUT2D eigenvalue weighted by atomic mass is 19.1. The molecule has 8 nitrogen and oxygen atoms in total. The standard InChI is InChI=1S/C22H19FN6O2/c23-18-12-24-22(30)28-21(18)27-20-17-11-15(4-5-19(17)25-13-26-20)14-2-1-3-16(10-14)29-6-8-31-9-7-29/h1-5,10-13H,6-9H2,(H2,24,25,26,27,28,30). The largest absolute Gasteiger partial charge is 0.378 e. The summed E-state index contributed by atoms with van der Waals surface area (Å²) in [4.78, 5) is 28.0. The maximum atomic E-state index is 14.1. The zero-order valence-corrected chi connectivity index (χ0v) is 16.5. The minimum absolute atomic E-state index is 0.0975. The van der Waals surface area contributed by atoms with Crippen molar-refractivity contribution in [3.8, 4) is 11.1 Å². The van der Waals surface area contributed by atoms with Crippen LogP contribution in [0, 0.1) is 5.82 Å². The average molecular weight is 418 g/mol. The Kier molecular flexibility index (Phi) is 5.01. The third-order valence-electron chi connectivity index (χ3n) is 5.20. The molecule has 1 aliphatic rings. The summed E-state index contributed by atoms with van der Waals surface area (Å²) in [5.41, 5.74) is 3.21. The van der Waals surface area contributed by atoms with E-state index >= 15 is 0 Å². The summed E-state index contributed by atoms with van der Waals surface area (Å²) < 4.78 is 19.5. The molecule has 0 radical (unpaired) electrons. The van der Waals surface area contributed by atoms with Crippen LogP contribution >= 0.6 is 0 Å². The predicted molar refractivity (Wildman–Crippen MR) is 116 cm³/mol. The highest BCUT2D eigenvalue weighted by Gasteiger charge is 2.13. The van der Waals surface area contributed by atoms with E-state index in [4.69, 9.17) is 4.74 Å². The van der Waals surface area contributed by atoms with Gasteiger partial charge >= 0.3 is 5.69 Å². The number of anilines is 3. The number of hydrogen-bond donors (Lipinski definition) is 2. The molecule has 1 aliphatic heterocycles. The zero-order chi connectivity index (χ0) is 21.2. The number of ether oxygens (including phenoxy) is 1. The maximum Gasteiger partial charge on any atom is 0.346 e. The molecule has 0 amide bonds. The molecule has 0 aliphatic carbocycles. The maximum absolute atomic E-state index is 14.1. The lowest BCUT2D eigenvalue weighted by Gasteiger charge is -2.29. The third kappa shape index (κ3) is 3.95. The molecule has 0 bridgehead atoms. The number of rotatable bonds is 4. The van der Waals surface area contributed by atoms with Crippen molar-refractivity contribution in [1.82, 2.24) is 19.9 Å². The second-order valence-corrected chi connectivity index (χ2v) is 7.14. The molecule has 0 saturated carbocycles. The molecule has 1 fully saturated rings. The van der Waals surface area contributed by atoms with E-state index in [9.17, 15) is 9.18 Å². The van der Waals surface area contributed by atoms with Gasteiger partial charge in [-0.05, 0) is 35.4 Å². The second-order valence-electron chi connectivity index (χ2n) is 7.14. The van der Waals surface area contributed by atoms with Crippen LogP contribution in [0.25, 0.3) is 22.0 Å². The summed E-state index contributed by atoms with van der Waals surface area (Å²) in [6.07, 6.45) is 2.26. The first-order valence-corrected chi connectivity index (χ1v) is 9.87. The fourth-order valence-electron chi connectivity index (χ4n) is 3.63. The monoisotopic (exact) mass is 418 g/mol. The van der Waals surface area contributed by atoms with Crippen molar-refractivity contribution in [3.63, 3.8) is 0 Å². The Labute approximate surface area is 176 Å². The number of fused-ring (bicyclic) bond motifs is 1. The van der Waals surface area contributed by atoms with E-state index in [1.54, 1.807) is 0 Å². The van der Waals surface area contributed by atoms with Gasteiger partial charge in [0.2, 0.25) is 0 Å². The molecule has 9 heteroatoms. The van der Waals surface area contributed by atoms with Crippen molar-refractivity contribution >= 4 is 28.2 Å². The van der Waals surface area contributed by atoms with Crippen LogP contribution in [-0.4, -0.2) is 46.2 Å². The fourth-order valence-corrected chi connectivity index (χ4v) is 3.63. The number of halogens is 1. The SMILES string of the molecule is O=c1ncc(F)c(Nc2ncnc3ccc(-c4cccc(N5CCOCC5)c4)cc23)[nH]1. The Morgan fingerprint density at radius 2 is 1.87 bits per heavy atom. The lowest BCUT2D eigenvalue weighted by Crippen LogP contribution is -2.36.